The SMILES string of the molecule is C=CC[NH2+]CCOC(=O)C(C)(C)I. The van der Waals surface area contributed by atoms with E-state index >= 15 is 0 Å². The summed E-state index contributed by atoms with van der Waals surface area (Å²) in [6.45, 7) is 9.40. The van der Waals surface area contributed by atoms with E-state index in [0.29, 0.717) is 6.61 Å². The van der Waals surface area contributed by atoms with Crippen molar-refractivity contribution < 1.29 is 14.8 Å². The Labute approximate surface area is 93.1 Å². The van der Waals surface area contributed by atoms with Gasteiger partial charge >= 0.3 is 5.97 Å². The van der Waals surface area contributed by atoms with Gasteiger partial charge in [0.05, 0.1) is 6.54 Å². The third kappa shape index (κ3) is 7.01. The zero-order valence-electron chi connectivity index (χ0n) is 8.18. The lowest BCUT2D eigenvalue weighted by Gasteiger charge is -2.13. The molecule has 3 nitrogen and oxygen atoms in total. The summed E-state index contributed by atoms with van der Waals surface area (Å²) in [5, 5.41) is 2.04. The van der Waals surface area contributed by atoms with Gasteiger partial charge in [0.1, 0.15) is 16.6 Å². The number of quaternary nitrogens is 1. The lowest BCUT2D eigenvalue weighted by atomic mass is 10.2. The smallest absolute Gasteiger partial charge is 0.321 e. The van der Waals surface area contributed by atoms with Gasteiger partial charge in [-0.05, 0) is 19.9 Å². The Hall–Kier alpha value is -0.100. The average Bonchev–Trinajstić information content (AvgIpc) is 2.02. The maximum absolute atomic E-state index is 11.2. The number of carbonyl (C=O) groups is 1. The van der Waals surface area contributed by atoms with Crippen LogP contribution in [0.25, 0.3) is 0 Å². The summed E-state index contributed by atoms with van der Waals surface area (Å²) >= 11 is 2.07. The number of halogens is 1. The fourth-order valence-electron chi connectivity index (χ4n) is 0.642. The van der Waals surface area contributed by atoms with Crippen LogP contribution in [0.1, 0.15) is 13.8 Å². The van der Waals surface area contributed by atoms with Crippen molar-refractivity contribution in [2.75, 3.05) is 19.7 Å². The van der Waals surface area contributed by atoms with Gasteiger partial charge in [-0.3, -0.25) is 4.79 Å². The number of alkyl halides is 1. The second-order valence-electron chi connectivity index (χ2n) is 3.21. The molecular weight excluding hydrogens is 281 g/mol. The Balaban J connectivity index is 3.43. The molecule has 0 radical (unpaired) electrons. The lowest BCUT2D eigenvalue weighted by Crippen LogP contribution is -2.84. The molecule has 0 heterocycles. The quantitative estimate of drug-likeness (QED) is 0.255. The molecule has 0 aliphatic carbocycles. The van der Waals surface area contributed by atoms with Crippen LogP contribution >= 0.6 is 22.6 Å². The van der Waals surface area contributed by atoms with Crippen molar-refractivity contribution in [3.63, 3.8) is 0 Å². The van der Waals surface area contributed by atoms with E-state index in [1.807, 2.05) is 25.2 Å². The van der Waals surface area contributed by atoms with Crippen molar-refractivity contribution in [3.05, 3.63) is 12.7 Å². The van der Waals surface area contributed by atoms with Crippen LogP contribution < -0.4 is 5.32 Å². The van der Waals surface area contributed by atoms with Gasteiger partial charge in [0.2, 0.25) is 0 Å². The average molecular weight is 298 g/mol. The fourth-order valence-corrected chi connectivity index (χ4v) is 0.798. The third-order valence-corrected chi connectivity index (χ3v) is 1.81. The molecule has 76 valence electrons. The highest BCUT2D eigenvalue weighted by Gasteiger charge is 2.24. The molecule has 0 fully saturated rings. The van der Waals surface area contributed by atoms with Crippen molar-refractivity contribution in [1.82, 2.24) is 0 Å². The van der Waals surface area contributed by atoms with Gasteiger partial charge in [0.15, 0.2) is 0 Å². The predicted octanol–water partition coefficient (Wildman–Crippen LogP) is 0.493. The minimum atomic E-state index is -0.420. The largest absolute Gasteiger partial charge is 0.459 e. The summed E-state index contributed by atoms with van der Waals surface area (Å²) < 4.78 is 4.62. The van der Waals surface area contributed by atoms with Crippen LogP contribution in [0.15, 0.2) is 12.7 Å². The van der Waals surface area contributed by atoms with E-state index in [-0.39, 0.29) is 5.97 Å². The molecule has 0 unspecified atom stereocenters. The van der Waals surface area contributed by atoms with Crippen LogP contribution in [0, 0.1) is 0 Å². The minimum Gasteiger partial charge on any atom is -0.459 e. The van der Waals surface area contributed by atoms with Gasteiger partial charge in [-0.1, -0.05) is 29.2 Å². The minimum absolute atomic E-state index is 0.153. The summed E-state index contributed by atoms with van der Waals surface area (Å²) in [5.74, 6) is -0.153. The maximum atomic E-state index is 11.2. The predicted molar refractivity (Wildman–Crippen MR) is 60.9 cm³/mol. The van der Waals surface area contributed by atoms with Crippen LogP contribution in [0.3, 0.4) is 0 Å². The second kappa shape index (κ2) is 6.37. The van der Waals surface area contributed by atoms with Crippen LogP contribution in [-0.4, -0.2) is 29.1 Å². The number of hydrogen-bond donors (Lipinski definition) is 1. The summed E-state index contributed by atoms with van der Waals surface area (Å²) in [6.07, 6.45) is 1.82. The van der Waals surface area contributed by atoms with E-state index in [0.717, 1.165) is 13.1 Å². The van der Waals surface area contributed by atoms with Crippen LogP contribution in [-0.2, 0) is 9.53 Å². The normalized spacial score (nSPS) is 11.0. The van der Waals surface area contributed by atoms with Crippen molar-refractivity contribution in [1.29, 1.82) is 0 Å². The fraction of sp³-hybridized carbons (Fsp3) is 0.667. The van der Waals surface area contributed by atoms with E-state index in [2.05, 4.69) is 29.2 Å². The second-order valence-corrected chi connectivity index (χ2v) is 5.91. The summed E-state index contributed by atoms with van der Waals surface area (Å²) in [6, 6.07) is 0. The first-order valence-electron chi connectivity index (χ1n) is 4.27. The molecule has 0 amide bonds. The van der Waals surface area contributed by atoms with Crippen LogP contribution in [0.2, 0.25) is 0 Å². The highest BCUT2D eigenvalue weighted by Crippen LogP contribution is 2.17. The Kier molecular flexibility index (Phi) is 6.32. The first-order valence-corrected chi connectivity index (χ1v) is 5.35. The molecule has 0 rings (SSSR count). The third-order valence-electron chi connectivity index (χ3n) is 1.37. The Morgan fingerprint density at radius 2 is 2.31 bits per heavy atom. The number of esters is 1. The molecule has 0 saturated heterocycles. The lowest BCUT2D eigenvalue weighted by molar-refractivity contribution is -0.646. The van der Waals surface area contributed by atoms with E-state index in [1.165, 1.54) is 0 Å². The van der Waals surface area contributed by atoms with Gasteiger partial charge in [-0.15, -0.1) is 0 Å². The number of ether oxygens (including phenoxy) is 1. The molecule has 0 aromatic carbocycles. The van der Waals surface area contributed by atoms with Crippen molar-refractivity contribution in [2.24, 2.45) is 0 Å². The molecule has 0 aromatic rings. The Bertz CT molecular complexity index is 175. The van der Waals surface area contributed by atoms with Crippen molar-refractivity contribution in [2.45, 2.75) is 17.3 Å². The van der Waals surface area contributed by atoms with E-state index in [4.69, 9.17) is 4.74 Å². The molecule has 0 aliphatic rings. The molecule has 0 bridgehead atoms. The van der Waals surface area contributed by atoms with Crippen molar-refractivity contribution >= 4 is 28.6 Å². The number of hydrogen-bond acceptors (Lipinski definition) is 2. The van der Waals surface area contributed by atoms with Crippen LogP contribution in [0.4, 0.5) is 0 Å². The number of carbonyl (C=O) groups excluding carboxylic acids is 1. The molecule has 0 saturated carbocycles. The molecular formula is C9H17INO2+. The standard InChI is InChI=1S/C9H16INO2/c1-4-5-11-6-7-13-8(12)9(2,3)10/h4,11H,1,5-7H2,2-3H3/p+1. The highest BCUT2D eigenvalue weighted by molar-refractivity contribution is 14.1. The van der Waals surface area contributed by atoms with E-state index in [1.54, 1.807) is 0 Å². The highest BCUT2D eigenvalue weighted by atomic mass is 127. The number of nitrogens with two attached hydrogens (primary N) is 1. The molecule has 0 atom stereocenters. The van der Waals surface area contributed by atoms with Gasteiger partial charge in [-0.2, -0.15) is 0 Å². The summed E-state index contributed by atoms with van der Waals surface area (Å²) in [7, 11) is 0. The van der Waals surface area contributed by atoms with Gasteiger partial charge < -0.3 is 10.1 Å². The first-order chi connectivity index (χ1) is 5.98. The topological polar surface area (TPSA) is 42.9 Å². The number of rotatable bonds is 6. The van der Waals surface area contributed by atoms with Crippen LogP contribution in [0.5, 0.6) is 0 Å². The van der Waals surface area contributed by atoms with E-state index < -0.39 is 3.42 Å². The zero-order valence-corrected chi connectivity index (χ0v) is 10.3. The summed E-state index contributed by atoms with van der Waals surface area (Å²) in [5.41, 5.74) is 0. The zero-order chi connectivity index (χ0) is 10.3. The molecule has 13 heavy (non-hydrogen) atoms. The molecule has 4 heteroatoms. The van der Waals surface area contributed by atoms with E-state index in [9.17, 15) is 4.79 Å². The summed E-state index contributed by atoms with van der Waals surface area (Å²) in [4.78, 5) is 11.2. The Morgan fingerprint density at radius 1 is 1.69 bits per heavy atom. The molecule has 0 spiro atoms. The van der Waals surface area contributed by atoms with Gasteiger partial charge in [0, 0.05) is 0 Å². The molecule has 0 aromatic heterocycles. The molecule has 2 N–H and O–H groups in total. The monoisotopic (exact) mass is 298 g/mol. The maximum Gasteiger partial charge on any atom is 0.321 e. The van der Waals surface area contributed by atoms with Crippen molar-refractivity contribution in [3.8, 4) is 0 Å². The molecule has 0 aliphatic heterocycles. The first kappa shape index (κ1) is 12.9. The van der Waals surface area contributed by atoms with Gasteiger partial charge in [-0.25, -0.2) is 0 Å². The Morgan fingerprint density at radius 3 is 2.77 bits per heavy atom. The van der Waals surface area contributed by atoms with Gasteiger partial charge in [0.25, 0.3) is 0 Å².